The summed E-state index contributed by atoms with van der Waals surface area (Å²) in [4.78, 5) is 17.9. The average Bonchev–Trinajstić information content (AvgIpc) is 2.89. The van der Waals surface area contributed by atoms with Crippen LogP contribution in [-0.2, 0) is 0 Å². The second kappa shape index (κ2) is 10.6. The van der Waals surface area contributed by atoms with E-state index in [1.165, 1.54) is 0 Å². The lowest BCUT2D eigenvalue weighted by Crippen LogP contribution is -2.04. The van der Waals surface area contributed by atoms with Gasteiger partial charge < -0.3 is 14.9 Å². The van der Waals surface area contributed by atoms with Gasteiger partial charge in [0.15, 0.2) is 5.78 Å². The number of aromatic hydroxyl groups is 2. The molecule has 0 fully saturated rings. The zero-order valence-electron chi connectivity index (χ0n) is 20.1. The summed E-state index contributed by atoms with van der Waals surface area (Å²) in [6, 6.07) is 21.9. The van der Waals surface area contributed by atoms with Crippen LogP contribution in [0.15, 0.2) is 77.8 Å². The van der Waals surface area contributed by atoms with Crippen LogP contribution in [0.4, 0.5) is 0 Å². The van der Waals surface area contributed by atoms with Crippen LogP contribution in [-0.4, -0.2) is 35.4 Å². The van der Waals surface area contributed by atoms with Crippen LogP contribution in [0.3, 0.4) is 0 Å². The molecular weight excluding hydrogens is 450 g/mol. The maximum absolute atomic E-state index is 13.5. The first-order valence-electron chi connectivity index (χ1n) is 12.4. The third-order valence-corrected chi connectivity index (χ3v) is 6.62. The maximum atomic E-state index is 13.5. The number of hydrogen-bond acceptors (Lipinski definition) is 5. The summed E-state index contributed by atoms with van der Waals surface area (Å²) in [5.41, 5.74) is 4.01. The van der Waals surface area contributed by atoms with Crippen LogP contribution in [0.5, 0.6) is 17.2 Å². The number of hydrogen-bond donors (Lipinski definition) is 2. The summed E-state index contributed by atoms with van der Waals surface area (Å²) in [6.07, 6.45) is 6.16. The third kappa shape index (κ3) is 5.10. The SMILES string of the molecule is O=C1CCCCCCN=CCOc2ccc1c(-c1c(-c3cccc(O)c3)ccc3cc(O)ccc13)c2. The van der Waals surface area contributed by atoms with Crippen molar-refractivity contribution in [3.63, 3.8) is 0 Å². The molecule has 182 valence electrons. The number of ketones is 1. The zero-order chi connectivity index (χ0) is 24.9. The molecule has 2 heterocycles. The van der Waals surface area contributed by atoms with Crippen LogP contribution < -0.4 is 4.74 Å². The number of fused-ring (bicyclic) bond motifs is 12. The van der Waals surface area contributed by atoms with E-state index >= 15 is 0 Å². The summed E-state index contributed by atoms with van der Waals surface area (Å²) in [7, 11) is 0. The molecule has 2 bridgehead atoms. The molecule has 2 N–H and O–H groups in total. The lowest BCUT2D eigenvalue weighted by molar-refractivity contribution is 0.0979. The number of rotatable bonds is 2. The number of Topliss-reactive ketones (excluding diaryl/α,β-unsaturated/α-hetero) is 1. The molecular formula is C31H29NO4. The highest BCUT2D eigenvalue weighted by atomic mass is 16.5. The Labute approximate surface area is 210 Å². The van der Waals surface area contributed by atoms with Gasteiger partial charge in [0, 0.05) is 24.7 Å². The minimum atomic E-state index is 0.0975. The lowest BCUT2D eigenvalue weighted by Gasteiger charge is -2.18. The molecule has 2 aliphatic rings. The van der Waals surface area contributed by atoms with Crippen molar-refractivity contribution in [2.45, 2.75) is 32.1 Å². The first kappa shape index (κ1) is 23.6. The van der Waals surface area contributed by atoms with Gasteiger partial charge in [0.2, 0.25) is 0 Å². The van der Waals surface area contributed by atoms with Gasteiger partial charge in [0.25, 0.3) is 0 Å². The molecule has 0 aromatic heterocycles. The molecule has 4 aromatic carbocycles. The van der Waals surface area contributed by atoms with Gasteiger partial charge in [-0.3, -0.25) is 9.79 Å². The van der Waals surface area contributed by atoms with Crippen LogP contribution in [0.1, 0.15) is 42.5 Å². The van der Waals surface area contributed by atoms with E-state index in [1.807, 2.05) is 48.5 Å². The van der Waals surface area contributed by atoms with Gasteiger partial charge in [-0.2, -0.15) is 0 Å². The monoisotopic (exact) mass is 479 g/mol. The van der Waals surface area contributed by atoms with E-state index < -0.39 is 0 Å². The minimum Gasteiger partial charge on any atom is -0.508 e. The molecule has 4 aromatic rings. The summed E-state index contributed by atoms with van der Waals surface area (Å²) >= 11 is 0. The first-order chi connectivity index (χ1) is 17.6. The molecule has 36 heavy (non-hydrogen) atoms. The Hall–Kier alpha value is -4.12. The van der Waals surface area contributed by atoms with Crippen molar-refractivity contribution >= 4 is 22.8 Å². The quantitative estimate of drug-likeness (QED) is 0.319. The molecule has 0 unspecified atom stereocenters. The van der Waals surface area contributed by atoms with Crippen LogP contribution in [0.2, 0.25) is 0 Å². The van der Waals surface area contributed by atoms with E-state index in [1.54, 1.807) is 30.5 Å². The highest BCUT2D eigenvalue weighted by Gasteiger charge is 2.20. The first-order valence-corrected chi connectivity index (χ1v) is 12.4. The van der Waals surface area contributed by atoms with Gasteiger partial charge in [-0.15, -0.1) is 0 Å². The Balaban J connectivity index is 1.75. The van der Waals surface area contributed by atoms with E-state index in [0.717, 1.165) is 65.3 Å². The molecule has 5 nitrogen and oxygen atoms in total. The lowest BCUT2D eigenvalue weighted by atomic mass is 9.86. The fraction of sp³-hybridized carbons (Fsp3) is 0.226. The summed E-state index contributed by atoms with van der Waals surface area (Å²) in [6.45, 7) is 1.13. The topological polar surface area (TPSA) is 79.1 Å². The van der Waals surface area contributed by atoms with E-state index in [0.29, 0.717) is 24.3 Å². The number of aliphatic imine (C=N–C) groups is 1. The van der Waals surface area contributed by atoms with Crippen LogP contribution in [0, 0.1) is 0 Å². The smallest absolute Gasteiger partial charge is 0.163 e. The number of carbonyl (C=O) groups excluding carboxylic acids is 1. The molecule has 0 amide bonds. The second-order valence-corrected chi connectivity index (χ2v) is 9.14. The Morgan fingerprint density at radius 2 is 1.58 bits per heavy atom. The van der Waals surface area contributed by atoms with Gasteiger partial charge in [0.05, 0.1) is 0 Å². The fourth-order valence-electron chi connectivity index (χ4n) is 4.84. The molecule has 0 saturated heterocycles. The van der Waals surface area contributed by atoms with Crippen molar-refractivity contribution in [2.24, 2.45) is 4.99 Å². The number of phenols is 2. The molecule has 6 rings (SSSR count). The maximum Gasteiger partial charge on any atom is 0.163 e. The van der Waals surface area contributed by atoms with E-state index in [2.05, 4.69) is 4.99 Å². The van der Waals surface area contributed by atoms with Gasteiger partial charge >= 0.3 is 0 Å². The third-order valence-electron chi connectivity index (χ3n) is 6.62. The number of benzene rings is 4. The molecule has 0 aliphatic carbocycles. The Morgan fingerprint density at radius 1 is 0.750 bits per heavy atom. The van der Waals surface area contributed by atoms with Crippen molar-refractivity contribution in [1.82, 2.24) is 0 Å². The van der Waals surface area contributed by atoms with E-state index in [9.17, 15) is 15.0 Å². The Morgan fingerprint density at radius 3 is 2.47 bits per heavy atom. The zero-order valence-corrected chi connectivity index (χ0v) is 20.1. The van der Waals surface area contributed by atoms with Gasteiger partial charge in [-0.25, -0.2) is 0 Å². The normalized spacial score (nSPS) is 14.8. The summed E-state index contributed by atoms with van der Waals surface area (Å²) in [5.74, 6) is 1.10. The fourth-order valence-corrected chi connectivity index (χ4v) is 4.84. The molecule has 2 aliphatic heterocycles. The van der Waals surface area contributed by atoms with Gasteiger partial charge in [-0.1, -0.05) is 43.2 Å². The predicted octanol–water partition coefficient (Wildman–Crippen LogP) is 7.18. The van der Waals surface area contributed by atoms with Crippen LogP contribution >= 0.6 is 0 Å². The number of phenolic OH excluding ortho intramolecular Hbond substituents is 2. The minimum absolute atomic E-state index is 0.0975. The number of nitrogens with zero attached hydrogens (tertiary/aromatic N) is 1. The van der Waals surface area contributed by atoms with Crippen LogP contribution in [0.25, 0.3) is 33.0 Å². The van der Waals surface area contributed by atoms with E-state index in [4.69, 9.17) is 4.74 Å². The number of ether oxygens (including phenoxy) is 1. The van der Waals surface area contributed by atoms with Crippen molar-refractivity contribution < 1.29 is 19.7 Å². The second-order valence-electron chi connectivity index (χ2n) is 9.14. The largest absolute Gasteiger partial charge is 0.508 e. The molecule has 0 radical (unpaired) electrons. The highest BCUT2D eigenvalue weighted by molar-refractivity contribution is 6.11. The summed E-state index contributed by atoms with van der Waals surface area (Å²) in [5, 5.41) is 22.1. The summed E-state index contributed by atoms with van der Waals surface area (Å²) < 4.78 is 5.99. The molecule has 0 saturated carbocycles. The van der Waals surface area contributed by atoms with Crippen molar-refractivity contribution in [2.75, 3.05) is 13.2 Å². The predicted molar refractivity (Wildman–Crippen MR) is 144 cm³/mol. The molecule has 0 spiro atoms. The van der Waals surface area contributed by atoms with Crippen molar-refractivity contribution in [1.29, 1.82) is 0 Å². The highest BCUT2D eigenvalue weighted by Crippen LogP contribution is 2.42. The van der Waals surface area contributed by atoms with Gasteiger partial charge in [0.1, 0.15) is 23.9 Å². The number of carbonyl (C=O) groups is 1. The average molecular weight is 480 g/mol. The molecule has 5 heteroatoms. The molecule has 0 atom stereocenters. The Kier molecular flexibility index (Phi) is 6.99. The van der Waals surface area contributed by atoms with Gasteiger partial charge in [-0.05, 0) is 88.3 Å². The van der Waals surface area contributed by atoms with Crippen molar-refractivity contribution in [3.05, 3.63) is 78.4 Å². The standard InChI is InChI=1S/C31H29NO4/c33-23-7-5-6-21(18-23)26-12-9-22-19-24(34)10-13-27(22)31(26)29-20-25-11-14-28(29)30(35)8-3-1-2-4-15-32-16-17-36-25/h5-7,9-14,16,18-20,33-34H,1-4,8,15,17H2. The Bertz CT molecular complexity index is 1440. The van der Waals surface area contributed by atoms with E-state index in [-0.39, 0.29) is 17.3 Å². The van der Waals surface area contributed by atoms with Crippen molar-refractivity contribution in [3.8, 4) is 39.5 Å².